The third-order valence-corrected chi connectivity index (χ3v) is 3.07. The summed E-state index contributed by atoms with van der Waals surface area (Å²) >= 11 is 4.28. The molecule has 0 saturated heterocycles. The summed E-state index contributed by atoms with van der Waals surface area (Å²) in [6, 6.07) is 0. The summed E-state index contributed by atoms with van der Waals surface area (Å²) in [5.74, 6) is 0. The van der Waals surface area contributed by atoms with Crippen molar-refractivity contribution in [3.05, 3.63) is 0 Å². The Morgan fingerprint density at radius 2 is 0.913 bits per heavy atom. The summed E-state index contributed by atoms with van der Waals surface area (Å²) in [4.78, 5) is 17.6. The third kappa shape index (κ3) is 22.3. The quantitative estimate of drug-likeness (QED) is 0.208. The molecule has 0 amide bonds. The van der Waals surface area contributed by atoms with Gasteiger partial charge in [0.15, 0.2) is 0 Å². The molecule has 0 radical (unpaired) electrons. The van der Waals surface area contributed by atoms with Crippen molar-refractivity contribution in [2.24, 2.45) is 5.73 Å². The van der Waals surface area contributed by atoms with Gasteiger partial charge in [-0.1, -0.05) is 0 Å². The molecular formula is C12H28NO8PS. The highest BCUT2D eigenvalue weighted by atomic mass is 32.5. The van der Waals surface area contributed by atoms with E-state index in [2.05, 4.69) is 16.3 Å². The van der Waals surface area contributed by atoms with Crippen LogP contribution in [-0.4, -0.2) is 89.0 Å². The largest absolute Gasteiger partial charge is 0.378 e. The normalized spacial score (nSPS) is 12.0. The number of hydrogen-bond donors (Lipinski definition) is 3. The number of nitrogens with two attached hydrogens (primary N) is 1. The fraction of sp³-hybridized carbons (Fsp3) is 1.00. The molecule has 0 rings (SSSR count). The molecule has 140 valence electrons. The molecule has 0 fully saturated rings. The SMILES string of the molecule is NCCOCCOCCOCCOCCOCCOP(O)(O)=S. The molecule has 4 N–H and O–H groups in total. The lowest BCUT2D eigenvalue weighted by atomic mass is 10.7. The first-order chi connectivity index (χ1) is 11.1. The summed E-state index contributed by atoms with van der Waals surface area (Å²) in [7, 11) is 0. The number of hydrogen-bond acceptors (Lipinski definition) is 8. The third-order valence-electron chi connectivity index (χ3n) is 2.24. The van der Waals surface area contributed by atoms with Crippen LogP contribution in [0.25, 0.3) is 0 Å². The van der Waals surface area contributed by atoms with Crippen molar-refractivity contribution < 1.29 is 38.0 Å². The highest BCUT2D eigenvalue weighted by Gasteiger charge is 2.06. The molecule has 0 unspecified atom stereocenters. The standard InChI is InChI=1S/C12H28NO8PS/c13-1-2-16-3-4-17-5-6-18-7-8-19-9-10-20-11-12-21-22(14,15)23/h1-13H2,(H2,14,15,23). The average molecular weight is 377 g/mol. The van der Waals surface area contributed by atoms with Gasteiger partial charge in [-0.05, 0) is 11.8 Å². The highest BCUT2D eigenvalue weighted by molar-refractivity contribution is 8.06. The predicted molar refractivity (Wildman–Crippen MR) is 87.8 cm³/mol. The van der Waals surface area contributed by atoms with E-state index >= 15 is 0 Å². The van der Waals surface area contributed by atoms with Gasteiger partial charge in [-0.25, -0.2) is 0 Å². The lowest BCUT2D eigenvalue weighted by Gasteiger charge is -2.09. The van der Waals surface area contributed by atoms with Crippen LogP contribution in [0.2, 0.25) is 0 Å². The van der Waals surface area contributed by atoms with Gasteiger partial charge in [0.05, 0.1) is 72.7 Å². The van der Waals surface area contributed by atoms with Crippen molar-refractivity contribution in [2.45, 2.75) is 0 Å². The molecule has 0 aromatic rings. The maximum atomic E-state index is 8.79. The van der Waals surface area contributed by atoms with Gasteiger partial charge in [0.2, 0.25) is 0 Å². The molecule has 0 bridgehead atoms. The van der Waals surface area contributed by atoms with E-state index in [0.29, 0.717) is 66.0 Å². The van der Waals surface area contributed by atoms with Crippen LogP contribution in [0.1, 0.15) is 0 Å². The molecule has 0 aromatic carbocycles. The second-order valence-electron chi connectivity index (χ2n) is 4.17. The van der Waals surface area contributed by atoms with Crippen LogP contribution in [0.3, 0.4) is 0 Å². The Morgan fingerprint density at radius 3 is 1.22 bits per heavy atom. The van der Waals surface area contributed by atoms with Gasteiger partial charge in [0, 0.05) is 6.54 Å². The van der Waals surface area contributed by atoms with Gasteiger partial charge in [0.1, 0.15) is 0 Å². The first-order valence-electron chi connectivity index (χ1n) is 7.35. The summed E-state index contributed by atoms with van der Waals surface area (Å²) in [5.41, 5.74) is 5.27. The van der Waals surface area contributed by atoms with Crippen LogP contribution < -0.4 is 5.73 Å². The first kappa shape index (κ1) is 23.3. The summed E-state index contributed by atoms with van der Waals surface area (Å²) in [6.45, 7) is 1.60. The Hall–Kier alpha value is 0.290. The molecule has 0 atom stereocenters. The van der Waals surface area contributed by atoms with E-state index in [1.54, 1.807) is 0 Å². The van der Waals surface area contributed by atoms with Crippen LogP contribution in [0.15, 0.2) is 0 Å². The van der Waals surface area contributed by atoms with E-state index in [1.807, 2.05) is 0 Å². The summed E-state index contributed by atoms with van der Waals surface area (Å²) < 4.78 is 30.7. The second kappa shape index (κ2) is 17.1. The van der Waals surface area contributed by atoms with E-state index in [-0.39, 0.29) is 13.2 Å². The van der Waals surface area contributed by atoms with Crippen molar-refractivity contribution in [3.63, 3.8) is 0 Å². The molecule has 0 aliphatic carbocycles. The predicted octanol–water partition coefficient (Wildman–Crippen LogP) is -0.746. The molecule has 11 heteroatoms. The summed E-state index contributed by atoms with van der Waals surface area (Å²) in [5, 5.41) is 0. The number of ether oxygens (including phenoxy) is 5. The zero-order valence-electron chi connectivity index (χ0n) is 13.3. The van der Waals surface area contributed by atoms with Gasteiger partial charge in [-0.3, -0.25) is 0 Å². The maximum Gasteiger partial charge on any atom is 0.321 e. The van der Waals surface area contributed by atoms with E-state index in [9.17, 15) is 0 Å². The average Bonchev–Trinajstić information content (AvgIpc) is 2.49. The number of rotatable bonds is 18. The van der Waals surface area contributed by atoms with E-state index in [1.165, 1.54) is 0 Å². The van der Waals surface area contributed by atoms with Gasteiger partial charge in [-0.15, -0.1) is 0 Å². The molecule has 0 saturated carbocycles. The van der Waals surface area contributed by atoms with Gasteiger partial charge in [0.25, 0.3) is 0 Å². The minimum Gasteiger partial charge on any atom is -0.378 e. The maximum absolute atomic E-state index is 8.79. The van der Waals surface area contributed by atoms with Gasteiger partial charge in [-0.2, -0.15) is 0 Å². The van der Waals surface area contributed by atoms with Crippen LogP contribution in [0, 0.1) is 0 Å². The fourth-order valence-electron chi connectivity index (χ4n) is 1.28. The van der Waals surface area contributed by atoms with E-state index in [0.717, 1.165) is 0 Å². The smallest absolute Gasteiger partial charge is 0.321 e. The monoisotopic (exact) mass is 377 g/mol. The molecular weight excluding hydrogens is 349 g/mol. The molecule has 0 heterocycles. The highest BCUT2D eigenvalue weighted by Crippen LogP contribution is 2.35. The minimum atomic E-state index is -3.57. The Bertz CT molecular complexity index is 294. The first-order valence-corrected chi connectivity index (χ1v) is 9.97. The zero-order valence-corrected chi connectivity index (χ0v) is 15.0. The second-order valence-corrected chi connectivity index (χ2v) is 6.84. The fourth-order valence-corrected chi connectivity index (χ4v) is 1.82. The van der Waals surface area contributed by atoms with Crippen molar-refractivity contribution in [2.75, 3.05) is 79.2 Å². The van der Waals surface area contributed by atoms with E-state index in [4.69, 9.17) is 39.2 Å². The Balaban J connectivity index is 3.01. The Morgan fingerprint density at radius 1 is 0.609 bits per heavy atom. The molecule has 0 spiro atoms. The molecule has 0 aliphatic heterocycles. The van der Waals surface area contributed by atoms with Crippen LogP contribution in [0.4, 0.5) is 0 Å². The Labute approximate surface area is 142 Å². The van der Waals surface area contributed by atoms with Crippen molar-refractivity contribution in [3.8, 4) is 0 Å². The van der Waals surface area contributed by atoms with Gasteiger partial charge >= 0.3 is 6.72 Å². The Kier molecular flexibility index (Phi) is 17.3. The van der Waals surface area contributed by atoms with Crippen molar-refractivity contribution >= 4 is 18.5 Å². The molecule has 0 aliphatic rings. The minimum absolute atomic E-state index is 0.0463. The van der Waals surface area contributed by atoms with Gasteiger partial charge < -0.3 is 43.7 Å². The zero-order chi connectivity index (χ0) is 17.2. The molecule has 9 nitrogen and oxygen atoms in total. The van der Waals surface area contributed by atoms with Crippen LogP contribution in [0.5, 0.6) is 0 Å². The van der Waals surface area contributed by atoms with E-state index < -0.39 is 6.72 Å². The van der Waals surface area contributed by atoms with Crippen LogP contribution in [-0.2, 0) is 40.0 Å². The van der Waals surface area contributed by atoms with Crippen LogP contribution >= 0.6 is 6.72 Å². The lowest BCUT2D eigenvalue weighted by molar-refractivity contribution is -0.0124. The lowest BCUT2D eigenvalue weighted by Crippen LogP contribution is -2.15. The summed E-state index contributed by atoms with van der Waals surface area (Å²) in [6.07, 6.45) is 0. The molecule has 0 aromatic heterocycles. The van der Waals surface area contributed by atoms with Crippen molar-refractivity contribution in [1.29, 1.82) is 0 Å². The molecule has 23 heavy (non-hydrogen) atoms. The topological polar surface area (TPSA) is 122 Å². The van der Waals surface area contributed by atoms with Crippen molar-refractivity contribution in [1.82, 2.24) is 0 Å².